The topological polar surface area (TPSA) is 56.7 Å². The van der Waals surface area contributed by atoms with Gasteiger partial charge in [0, 0.05) is 16.1 Å². The van der Waals surface area contributed by atoms with E-state index < -0.39 is 0 Å². The molecule has 2 rings (SSSR count). The first-order valence-corrected chi connectivity index (χ1v) is 6.81. The zero-order valence-electron chi connectivity index (χ0n) is 10.2. The molecule has 0 spiro atoms. The summed E-state index contributed by atoms with van der Waals surface area (Å²) in [4.78, 5) is 0. The van der Waals surface area contributed by atoms with Crippen LogP contribution in [-0.4, -0.2) is 14.8 Å². The van der Waals surface area contributed by atoms with Gasteiger partial charge in [0.05, 0.1) is 11.6 Å². The molecule has 6 heteroatoms. The summed E-state index contributed by atoms with van der Waals surface area (Å²) in [5.74, 6) is 1.52. The van der Waals surface area contributed by atoms with Crippen LogP contribution in [0.3, 0.4) is 0 Å². The molecule has 0 radical (unpaired) electrons. The molecule has 0 aliphatic heterocycles. The first-order valence-electron chi connectivity index (χ1n) is 5.64. The molecule has 0 aliphatic carbocycles. The molecule has 0 saturated carbocycles. The Kier molecular flexibility index (Phi) is 4.04. The molecule has 2 aromatic rings. The van der Waals surface area contributed by atoms with E-state index in [9.17, 15) is 0 Å². The predicted octanol–water partition coefficient (Wildman–Crippen LogP) is 3.40. The fourth-order valence-electron chi connectivity index (χ4n) is 1.86. The van der Waals surface area contributed by atoms with E-state index >= 15 is 0 Å². The second-order valence-electron chi connectivity index (χ2n) is 4.23. The molecule has 96 valence electrons. The Morgan fingerprint density at radius 3 is 2.67 bits per heavy atom. The highest BCUT2D eigenvalue weighted by molar-refractivity contribution is 9.10. The van der Waals surface area contributed by atoms with Crippen molar-refractivity contribution in [3.05, 3.63) is 33.5 Å². The lowest BCUT2D eigenvalue weighted by Crippen LogP contribution is -2.11. The van der Waals surface area contributed by atoms with Crippen LogP contribution in [0.1, 0.15) is 25.7 Å². The SMILES string of the molecule is CC(C)n1c(CN)nnc1-c1ccc(Br)cc1Cl. The van der Waals surface area contributed by atoms with Crippen molar-refractivity contribution in [2.24, 2.45) is 5.73 Å². The maximum Gasteiger partial charge on any atom is 0.165 e. The quantitative estimate of drug-likeness (QED) is 0.939. The standard InChI is InChI=1S/C12H14BrClN4/c1-7(2)18-11(6-15)16-17-12(18)9-4-3-8(13)5-10(9)14/h3-5,7H,6,15H2,1-2H3. The number of halogens is 2. The van der Waals surface area contributed by atoms with E-state index in [1.807, 2.05) is 22.8 Å². The summed E-state index contributed by atoms with van der Waals surface area (Å²) < 4.78 is 2.95. The van der Waals surface area contributed by atoms with Crippen LogP contribution >= 0.6 is 27.5 Å². The minimum Gasteiger partial charge on any atom is -0.324 e. The van der Waals surface area contributed by atoms with Gasteiger partial charge in [-0.2, -0.15) is 0 Å². The molecule has 0 saturated heterocycles. The van der Waals surface area contributed by atoms with Crippen molar-refractivity contribution in [2.75, 3.05) is 0 Å². The first-order chi connectivity index (χ1) is 8.54. The third-order valence-electron chi connectivity index (χ3n) is 2.64. The Hall–Kier alpha value is -0.910. The van der Waals surface area contributed by atoms with Crippen LogP contribution in [0.4, 0.5) is 0 Å². The summed E-state index contributed by atoms with van der Waals surface area (Å²) in [6.07, 6.45) is 0. The molecule has 1 heterocycles. The Morgan fingerprint density at radius 1 is 1.39 bits per heavy atom. The number of nitrogens with zero attached hydrogens (tertiary/aromatic N) is 3. The van der Waals surface area contributed by atoms with Gasteiger partial charge in [-0.3, -0.25) is 0 Å². The highest BCUT2D eigenvalue weighted by atomic mass is 79.9. The molecule has 0 amide bonds. The highest BCUT2D eigenvalue weighted by Gasteiger charge is 2.17. The second-order valence-corrected chi connectivity index (χ2v) is 5.55. The van der Waals surface area contributed by atoms with Crippen molar-refractivity contribution in [1.29, 1.82) is 0 Å². The fraction of sp³-hybridized carbons (Fsp3) is 0.333. The summed E-state index contributed by atoms with van der Waals surface area (Å²) in [5.41, 5.74) is 6.54. The Morgan fingerprint density at radius 2 is 2.11 bits per heavy atom. The third-order valence-corrected chi connectivity index (χ3v) is 3.44. The molecular weight excluding hydrogens is 316 g/mol. The number of benzene rings is 1. The van der Waals surface area contributed by atoms with E-state index in [0.717, 1.165) is 21.7 Å². The molecule has 0 atom stereocenters. The maximum atomic E-state index is 6.25. The van der Waals surface area contributed by atoms with Gasteiger partial charge >= 0.3 is 0 Å². The first kappa shape index (κ1) is 13.5. The van der Waals surface area contributed by atoms with E-state index in [-0.39, 0.29) is 6.04 Å². The van der Waals surface area contributed by atoms with Crippen LogP contribution < -0.4 is 5.73 Å². The van der Waals surface area contributed by atoms with Crippen LogP contribution in [0.15, 0.2) is 22.7 Å². The minimum atomic E-state index is 0.230. The molecule has 4 nitrogen and oxygen atoms in total. The largest absolute Gasteiger partial charge is 0.324 e. The van der Waals surface area contributed by atoms with E-state index in [0.29, 0.717) is 11.6 Å². The highest BCUT2D eigenvalue weighted by Crippen LogP contribution is 2.31. The van der Waals surface area contributed by atoms with Crippen LogP contribution in [0.5, 0.6) is 0 Å². The van der Waals surface area contributed by atoms with E-state index in [4.69, 9.17) is 17.3 Å². The Balaban J connectivity index is 2.60. The van der Waals surface area contributed by atoms with Crippen molar-refractivity contribution >= 4 is 27.5 Å². The van der Waals surface area contributed by atoms with Crippen molar-refractivity contribution in [1.82, 2.24) is 14.8 Å². The molecule has 2 N–H and O–H groups in total. The Labute approximate surface area is 119 Å². The van der Waals surface area contributed by atoms with Crippen LogP contribution in [0.25, 0.3) is 11.4 Å². The monoisotopic (exact) mass is 328 g/mol. The van der Waals surface area contributed by atoms with E-state index in [1.165, 1.54) is 0 Å². The summed E-state index contributed by atoms with van der Waals surface area (Å²) in [5, 5.41) is 8.96. The van der Waals surface area contributed by atoms with Gasteiger partial charge in [0.2, 0.25) is 0 Å². The molecule has 1 aromatic heterocycles. The lowest BCUT2D eigenvalue weighted by Gasteiger charge is -2.14. The van der Waals surface area contributed by atoms with Gasteiger partial charge in [-0.25, -0.2) is 0 Å². The molecule has 0 unspecified atom stereocenters. The van der Waals surface area contributed by atoms with Crippen molar-refractivity contribution in [3.8, 4) is 11.4 Å². The number of hydrogen-bond acceptors (Lipinski definition) is 3. The van der Waals surface area contributed by atoms with Crippen molar-refractivity contribution < 1.29 is 0 Å². The second kappa shape index (κ2) is 5.38. The number of rotatable bonds is 3. The van der Waals surface area contributed by atoms with Crippen LogP contribution in [0, 0.1) is 0 Å². The average molecular weight is 330 g/mol. The van der Waals surface area contributed by atoms with Gasteiger partial charge in [0.15, 0.2) is 5.82 Å². The fourth-order valence-corrected chi connectivity index (χ4v) is 2.62. The number of aromatic nitrogens is 3. The number of nitrogens with two attached hydrogens (primary N) is 1. The van der Waals surface area contributed by atoms with E-state index in [2.05, 4.69) is 40.0 Å². The van der Waals surface area contributed by atoms with Gasteiger partial charge in [-0.05, 0) is 32.0 Å². The third kappa shape index (κ3) is 2.43. The smallest absolute Gasteiger partial charge is 0.165 e. The molecule has 18 heavy (non-hydrogen) atoms. The predicted molar refractivity (Wildman–Crippen MR) is 76.4 cm³/mol. The summed E-state index contributed by atoms with van der Waals surface area (Å²) in [6, 6.07) is 5.93. The van der Waals surface area contributed by atoms with Gasteiger partial charge in [-0.15, -0.1) is 10.2 Å². The van der Waals surface area contributed by atoms with Crippen molar-refractivity contribution in [3.63, 3.8) is 0 Å². The van der Waals surface area contributed by atoms with Gasteiger partial charge in [0.25, 0.3) is 0 Å². The molecule has 0 fully saturated rings. The van der Waals surface area contributed by atoms with Crippen molar-refractivity contribution in [2.45, 2.75) is 26.4 Å². The Bertz CT molecular complexity index is 565. The van der Waals surface area contributed by atoms with E-state index in [1.54, 1.807) is 0 Å². The van der Waals surface area contributed by atoms with Gasteiger partial charge in [-0.1, -0.05) is 27.5 Å². The molecule has 0 aliphatic rings. The molecule has 1 aromatic carbocycles. The molecular formula is C12H14BrClN4. The van der Waals surface area contributed by atoms with Gasteiger partial charge < -0.3 is 10.3 Å². The molecule has 0 bridgehead atoms. The zero-order chi connectivity index (χ0) is 13.3. The average Bonchev–Trinajstić information content (AvgIpc) is 2.72. The lowest BCUT2D eigenvalue weighted by atomic mass is 10.2. The van der Waals surface area contributed by atoms with Gasteiger partial charge in [0.1, 0.15) is 5.82 Å². The van der Waals surface area contributed by atoms with Crippen LogP contribution in [0.2, 0.25) is 5.02 Å². The summed E-state index contributed by atoms with van der Waals surface area (Å²) >= 11 is 9.64. The minimum absolute atomic E-state index is 0.230. The number of hydrogen-bond donors (Lipinski definition) is 1. The summed E-state index contributed by atoms with van der Waals surface area (Å²) in [6.45, 7) is 4.50. The summed E-state index contributed by atoms with van der Waals surface area (Å²) in [7, 11) is 0. The zero-order valence-corrected chi connectivity index (χ0v) is 12.5. The lowest BCUT2D eigenvalue weighted by molar-refractivity contribution is 0.574. The maximum absolute atomic E-state index is 6.25. The van der Waals surface area contributed by atoms with Crippen LogP contribution in [-0.2, 0) is 6.54 Å². The normalized spacial score (nSPS) is 11.2.